The van der Waals surface area contributed by atoms with Crippen LogP contribution < -0.4 is 4.74 Å². The SMILES string of the molecule is CCOc1ccc(S(=O)(=O)N2CCN(C(=O)CSc3nnc(C4CC4)n3C3CC3)CC2)cc1. The molecular formula is C22H29N5O4S2. The van der Waals surface area contributed by atoms with Gasteiger partial charge in [0.25, 0.3) is 0 Å². The maximum absolute atomic E-state index is 13.0. The minimum Gasteiger partial charge on any atom is -0.494 e. The van der Waals surface area contributed by atoms with Crippen LogP contribution in [0.3, 0.4) is 0 Å². The quantitative estimate of drug-likeness (QED) is 0.497. The van der Waals surface area contributed by atoms with Gasteiger partial charge >= 0.3 is 0 Å². The van der Waals surface area contributed by atoms with Crippen LogP contribution in [0.25, 0.3) is 0 Å². The van der Waals surface area contributed by atoms with Crippen LogP contribution in [-0.4, -0.2) is 76.8 Å². The standard InChI is InChI=1S/C22H29N5O4S2/c1-2-31-18-7-9-19(10-8-18)33(29,30)26-13-11-25(12-14-26)20(28)15-32-22-24-23-21(16-3-4-16)27(22)17-5-6-17/h7-10,16-17H,2-6,11-15H2,1H3. The van der Waals surface area contributed by atoms with E-state index in [2.05, 4.69) is 14.8 Å². The first-order valence-electron chi connectivity index (χ1n) is 11.6. The minimum absolute atomic E-state index is 0.0106. The Hall–Kier alpha value is -2.11. The van der Waals surface area contributed by atoms with E-state index in [1.165, 1.54) is 28.9 Å². The highest BCUT2D eigenvalue weighted by molar-refractivity contribution is 7.99. The Balaban J connectivity index is 1.15. The van der Waals surface area contributed by atoms with E-state index < -0.39 is 10.0 Å². The Kier molecular flexibility index (Phi) is 6.37. The lowest BCUT2D eigenvalue weighted by Crippen LogP contribution is -2.50. The van der Waals surface area contributed by atoms with Gasteiger partial charge in [0.05, 0.1) is 17.3 Å². The highest BCUT2D eigenvalue weighted by atomic mass is 32.2. The molecule has 0 unspecified atom stereocenters. The smallest absolute Gasteiger partial charge is 0.243 e. The molecule has 2 saturated carbocycles. The summed E-state index contributed by atoms with van der Waals surface area (Å²) < 4.78 is 35.0. The molecule has 3 fully saturated rings. The summed E-state index contributed by atoms with van der Waals surface area (Å²) in [5.41, 5.74) is 0. The van der Waals surface area contributed by atoms with Gasteiger partial charge in [-0.05, 0) is 56.9 Å². The first-order valence-corrected chi connectivity index (χ1v) is 14.0. The summed E-state index contributed by atoms with van der Waals surface area (Å²) in [4.78, 5) is 14.8. The molecule has 2 aromatic rings. The average Bonchev–Trinajstić information content (AvgIpc) is 3.77. The molecule has 0 N–H and O–H groups in total. The molecule has 1 saturated heterocycles. The Morgan fingerprint density at radius 2 is 1.76 bits per heavy atom. The minimum atomic E-state index is -3.59. The van der Waals surface area contributed by atoms with Crippen molar-refractivity contribution in [2.24, 2.45) is 0 Å². The van der Waals surface area contributed by atoms with Crippen LogP contribution >= 0.6 is 11.8 Å². The highest BCUT2D eigenvalue weighted by Gasteiger charge is 2.37. The number of aromatic nitrogens is 3. The van der Waals surface area contributed by atoms with Crippen LogP contribution in [0, 0.1) is 0 Å². The van der Waals surface area contributed by atoms with Crippen molar-refractivity contribution in [3.8, 4) is 5.75 Å². The highest BCUT2D eigenvalue weighted by Crippen LogP contribution is 2.46. The number of nitrogens with zero attached hydrogens (tertiary/aromatic N) is 5. The fourth-order valence-electron chi connectivity index (χ4n) is 4.10. The van der Waals surface area contributed by atoms with Crippen molar-refractivity contribution >= 4 is 27.7 Å². The predicted octanol–water partition coefficient (Wildman–Crippen LogP) is 2.51. The molecular weight excluding hydrogens is 462 g/mol. The molecule has 11 heteroatoms. The topological polar surface area (TPSA) is 97.6 Å². The molecule has 0 bridgehead atoms. The van der Waals surface area contributed by atoms with Crippen molar-refractivity contribution in [2.45, 2.75) is 54.6 Å². The van der Waals surface area contributed by atoms with Crippen LogP contribution in [0.4, 0.5) is 0 Å². The van der Waals surface area contributed by atoms with E-state index in [0.29, 0.717) is 43.2 Å². The third-order valence-electron chi connectivity index (χ3n) is 6.23. The van der Waals surface area contributed by atoms with Crippen LogP contribution in [0.2, 0.25) is 0 Å². The number of ether oxygens (including phenoxy) is 1. The Labute approximate surface area is 198 Å². The zero-order valence-corrected chi connectivity index (χ0v) is 20.4. The number of hydrogen-bond acceptors (Lipinski definition) is 7. The van der Waals surface area contributed by atoms with Crippen molar-refractivity contribution < 1.29 is 17.9 Å². The van der Waals surface area contributed by atoms with Gasteiger partial charge in [-0.1, -0.05) is 11.8 Å². The monoisotopic (exact) mass is 491 g/mol. The molecule has 5 rings (SSSR count). The molecule has 2 heterocycles. The second kappa shape index (κ2) is 9.27. The zero-order valence-electron chi connectivity index (χ0n) is 18.7. The van der Waals surface area contributed by atoms with E-state index in [0.717, 1.165) is 23.8 Å². The molecule has 9 nitrogen and oxygen atoms in total. The normalized spacial score (nSPS) is 19.6. The fraction of sp³-hybridized carbons (Fsp3) is 0.591. The molecule has 1 aliphatic heterocycles. The van der Waals surface area contributed by atoms with E-state index in [4.69, 9.17) is 4.74 Å². The predicted molar refractivity (Wildman–Crippen MR) is 124 cm³/mol. The van der Waals surface area contributed by atoms with Gasteiger partial charge in [-0.15, -0.1) is 10.2 Å². The number of thioether (sulfide) groups is 1. The molecule has 2 aliphatic carbocycles. The maximum atomic E-state index is 13.0. The summed E-state index contributed by atoms with van der Waals surface area (Å²) in [6.45, 7) is 3.76. The molecule has 33 heavy (non-hydrogen) atoms. The Morgan fingerprint density at radius 3 is 2.36 bits per heavy atom. The third kappa shape index (κ3) is 4.90. The van der Waals surface area contributed by atoms with Gasteiger partial charge in [0.2, 0.25) is 15.9 Å². The second-order valence-corrected chi connectivity index (χ2v) is 11.6. The van der Waals surface area contributed by atoms with Gasteiger partial charge in [0, 0.05) is 38.1 Å². The fourth-order valence-corrected chi connectivity index (χ4v) is 6.44. The number of hydrogen-bond donors (Lipinski definition) is 0. The van der Waals surface area contributed by atoms with Crippen molar-refractivity contribution in [1.29, 1.82) is 0 Å². The molecule has 0 spiro atoms. The van der Waals surface area contributed by atoms with E-state index in [9.17, 15) is 13.2 Å². The van der Waals surface area contributed by atoms with Gasteiger partial charge in [0.1, 0.15) is 11.6 Å². The van der Waals surface area contributed by atoms with Crippen LogP contribution in [-0.2, 0) is 14.8 Å². The number of amides is 1. The van der Waals surface area contributed by atoms with Gasteiger partial charge in [-0.25, -0.2) is 8.42 Å². The lowest BCUT2D eigenvalue weighted by molar-refractivity contribution is -0.129. The average molecular weight is 492 g/mol. The maximum Gasteiger partial charge on any atom is 0.243 e. The van der Waals surface area contributed by atoms with Crippen LogP contribution in [0.5, 0.6) is 5.75 Å². The molecule has 0 atom stereocenters. The van der Waals surface area contributed by atoms with Crippen LogP contribution in [0.1, 0.15) is 50.4 Å². The number of carbonyl (C=O) groups excluding carboxylic acids is 1. The van der Waals surface area contributed by atoms with E-state index in [1.807, 2.05) is 6.92 Å². The first kappa shape index (κ1) is 22.7. The number of rotatable bonds is 9. The molecule has 0 radical (unpaired) electrons. The first-order chi connectivity index (χ1) is 16.0. The van der Waals surface area contributed by atoms with Crippen molar-refractivity contribution in [3.05, 3.63) is 30.1 Å². The van der Waals surface area contributed by atoms with E-state index in [1.54, 1.807) is 29.2 Å². The zero-order chi connectivity index (χ0) is 23.0. The number of benzene rings is 1. The third-order valence-corrected chi connectivity index (χ3v) is 9.07. The summed E-state index contributed by atoms with van der Waals surface area (Å²) in [6, 6.07) is 6.97. The lowest BCUT2D eigenvalue weighted by atomic mass is 10.3. The summed E-state index contributed by atoms with van der Waals surface area (Å²) in [5.74, 6) is 2.57. The second-order valence-electron chi connectivity index (χ2n) is 8.69. The number of sulfonamides is 1. The Morgan fingerprint density at radius 1 is 1.06 bits per heavy atom. The molecule has 3 aliphatic rings. The van der Waals surface area contributed by atoms with Gasteiger partial charge in [-0.3, -0.25) is 4.79 Å². The van der Waals surface area contributed by atoms with Crippen molar-refractivity contribution in [1.82, 2.24) is 24.0 Å². The van der Waals surface area contributed by atoms with Gasteiger partial charge in [-0.2, -0.15) is 4.31 Å². The Bertz CT molecular complexity index is 1100. The summed E-state index contributed by atoms with van der Waals surface area (Å²) >= 11 is 1.45. The number of carbonyl (C=O) groups is 1. The summed E-state index contributed by atoms with van der Waals surface area (Å²) in [5, 5.41) is 9.59. The molecule has 1 amide bonds. The summed E-state index contributed by atoms with van der Waals surface area (Å²) in [7, 11) is -3.59. The van der Waals surface area contributed by atoms with Crippen molar-refractivity contribution in [2.75, 3.05) is 38.5 Å². The van der Waals surface area contributed by atoms with Gasteiger partial charge in [0.15, 0.2) is 5.16 Å². The molecule has 178 valence electrons. The van der Waals surface area contributed by atoms with E-state index in [-0.39, 0.29) is 23.9 Å². The van der Waals surface area contributed by atoms with Crippen molar-refractivity contribution in [3.63, 3.8) is 0 Å². The van der Waals surface area contributed by atoms with E-state index >= 15 is 0 Å². The van der Waals surface area contributed by atoms with Crippen LogP contribution in [0.15, 0.2) is 34.3 Å². The van der Waals surface area contributed by atoms with Gasteiger partial charge < -0.3 is 14.2 Å². The lowest BCUT2D eigenvalue weighted by Gasteiger charge is -2.34. The molecule has 1 aromatic heterocycles. The summed E-state index contributed by atoms with van der Waals surface area (Å²) in [6.07, 6.45) is 4.67. The largest absolute Gasteiger partial charge is 0.494 e. The molecule has 1 aromatic carbocycles. The number of piperazine rings is 1.